The molecule has 16 heteroatoms. The maximum Gasteiger partial charge on any atom is 0.245 e. The van der Waals surface area contributed by atoms with Gasteiger partial charge in [-0.2, -0.15) is 0 Å². The molecule has 2 aliphatic heterocycles. The first kappa shape index (κ1) is 48.2. The monoisotopic (exact) mass is 870 g/mol. The smallest absolute Gasteiger partial charge is 0.245 e. The van der Waals surface area contributed by atoms with Crippen LogP contribution in [0.3, 0.4) is 0 Å². The highest BCUT2D eigenvalue weighted by molar-refractivity contribution is 5.97. The Morgan fingerprint density at radius 2 is 1.48 bits per heavy atom. The minimum atomic E-state index is -1.10. The Kier molecular flexibility index (Phi) is 18.9. The number of rotatable bonds is 14. The van der Waals surface area contributed by atoms with Crippen LogP contribution in [0.15, 0.2) is 65.7 Å². The second-order valence-corrected chi connectivity index (χ2v) is 17.3. The van der Waals surface area contributed by atoms with Crippen molar-refractivity contribution in [3.05, 3.63) is 71.8 Å². The molecule has 9 N–H and O–H groups in total. The largest absolute Gasteiger partial charge is 0.370 e. The third-order valence-electron chi connectivity index (χ3n) is 12.4. The van der Waals surface area contributed by atoms with Crippen molar-refractivity contribution in [1.29, 1.82) is 0 Å². The molecule has 2 aromatic rings. The fourth-order valence-electron chi connectivity index (χ4n) is 9.05. The fraction of sp³-hybridized carbons (Fsp3) is 0.574. The van der Waals surface area contributed by atoms with Gasteiger partial charge in [-0.3, -0.25) is 38.6 Å². The Labute approximate surface area is 370 Å². The molecule has 0 radical (unpaired) electrons. The van der Waals surface area contributed by atoms with Crippen LogP contribution in [-0.2, 0) is 46.4 Å². The summed E-state index contributed by atoms with van der Waals surface area (Å²) in [5, 5.41) is 14.6. The van der Waals surface area contributed by atoms with E-state index in [0.29, 0.717) is 32.1 Å². The Morgan fingerprint density at radius 3 is 2.16 bits per heavy atom. The zero-order chi connectivity index (χ0) is 45.1. The van der Waals surface area contributed by atoms with E-state index in [1.54, 1.807) is 0 Å². The van der Waals surface area contributed by atoms with Crippen molar-refractivity contribution in [1.82, 2.24) is 31.5 Å². The van der Waals surface area contributed by atoms with Gasteiger partial charge < -0.3 is 43.0 Å². The molecule has 342 valence electrons. The lowest BCUT2D eigenvalue weighted by Gasteiger charge is -2.32. The van der Waals surface area contributed by atoms with Crippen LogP contribution in [0.1, 0.15) is 108 Å². The van der Waals surface area contributed by atoms with E-state index < -0.39 is 65.7 Å². The van der Waals surface area contributed by atoms with Crippen LogP contribution in [0.4, 0.5) is 0 Å². The molecule has 0 spiro atoms. The number of ketones is 1. The van der Waals surface area contributed by atoms with E-state index >= 15 is 0 Å². The van der Waals surface area contributed by atoms with Crippen molar-refractivity contribution in [3.8, 4) is 0 Å². The van der Waals surface area contributed by atoms with E-state index in [1.165, 1.54) is 11.8 Å². The molecule has 1 aliphatic carbocycles. The average Bonchev–Trinajstić information content (AvgIpc) is 3.77. The van der Waals surface area contributed by atoms with Crippen molar-refractivity contribution in [3.63, 3.8) is 0 Å². The van der Waals surface area contributed by atoms with Crippen molar-refractivity contribution in [2.45, 2.75) is 140 Å². The number of Topliss-reactive ketones (excluding diaryl/α,β-unsaturated/α-hetero) is 1. The number of aryl methyl sites for hydroxylation is 1. The maximum absolute atomic E-state index is 14.6. The zero-order valence-corrected chi connectivity index (χ0v) is 36.7. The molecule has 63 heavy (non-hydrogen) atoms. The highest BCUT2D eigenvalue weighted by atomic mass is 16.2. The number of guanidine groups is 1. The van der Waals surface area contributed by atoms with E-state index in [1.807, 2.05) is 60.7 Å². The molecule has 3 fully saturated rings. The molecule has 2 saturated heterocycles. The second-order valence-electron chi connectivity index (χ2n) is 17.3. The molecule has 2 aromatic carbocycles. The van der Waals surface area contributed by atoms with Gasteiger partial charge in [0, 0.05) is 45.3 Å². The summed E-state index contributed by atoms with van der Waals surface area (Å²) in [6.07, 6.45) is 8.09. The maximum atomic E-state index is 14.6. The standard InChI is InChI=1S/C47H67N9O7/c1-31(57)52-38(28-33-16-7-3-8-17-33)43(60)54-37-21-12-25-50-42(59)35(20-11-26-51-47(48)49)30-41(58)36(24-23-32-14-5-2-6-15-32)53-44(61)39(29-34-18-9-4-10-19-34)55-45(62)40-22-13-27-56(40)46(37)63/h2-3,5-8,14-17,34-40H,4,9-13,18-30H2,1H3,(H,50,59)(H,52,57)(H,53,61)(H,54,60)(H,55,62)(H4,48,49,51)/t35-,36+,37+,38+,39-,40+/m1/s1. The minimum Gasteiger partial charge on any atom is -0.370 e. The fourth-order valence-corrected chi connectivity index (χ4v) is 9.05. The van der Waals surface area contributed by atoms with Gasteiger partial charge in [-0.25, -0.2) is 0 Å². The van der Waals surface area contributed by atoms with Crippen LogP contribution in [0.5, 0.6) is 0 Å². The summed E-state index contributed by atoms with van der Waals surface area (Å²) in [6.45, 7) is 1.95. The van der Waals surface area contributed by atoms with Crippen LogP contribution in [0, 0.1) is 11.8 Å². The molecular weight excluding hydrogens is 803 g/mol. The molecule has 16 nitrogen and oxygen atoms in total. The predicted molar refractivity (Wildman–Crippen MR) is 240 cm³/mol. The molecule has 3 aliphatic rings. The number of nitrogens with two attached hydrogens (primary N) is 2. The van der Waals surface area contributed by atoms with E-state index in [-0.39, 0.29) is 81.7 Å². The lowest BCUT2D eigenvalue weighted by molar-refractivity contribution is -0.142. The third-order valence-corrected chi connectivity index (χ3v) is 12.4. The highest BCUT2D eigenvalue weighted by Crippen LogP contribution is 2.28. The Hall–Kier alpha value is -5.80. The van der Waals surface area contributed by atoms with Gasteiger partial charge in [-0.05, 0) is 74.8 Å². The van der Waals surface area contributed by atoms with Gasteiger partial charge in [0.15, 0.2) is 11.7 Å². The summed E-state index contributed by atoms with van der Waals surface area (Å²) >= 11 is 0. The SMILES string of the molecule is CC(=O)N[C@@H](Cc1ccccc1)C(=O)N[C@H]1CCCNC(=O)[C@H](CCCN=C(N)N)CC(=O)[C@H](CCc2ccccc2)NC(=O)[C@@H](CC2CCCCC2)NC(=O)[C@@H]2CCCN2C1=O. The number of hydrogen-bond acceptors (Lipinski definition) is 8. The lowest BCUT2D eigenvalue weighted by Crippen LogP contribution is -2.59. The number of carbonyl (C=O) groups is 7. The molecule has 5 rings (SSSR count). The average molecular weight is 870 g/mol. The topological polar surface area (TPSA) is 247 Å². The number of aliphatic imine (C=N–C) groups is 1. The van der Waals surface area contributed by atoms with Gasteiger partial charge in [0.2, 0.25) is 35.4 Å². The molecule has 2 heterocycles. The Morgan fingerprint density at radius 1 is 0.794 bits per heavy atom. The van der Waals surface area contributed by atoms with Crippen molar-refractivity contribution in [2.24, 2.45) is 28.3 Å². The van der Waals surface area contributed by atoms with E-state index in [4.69, 9.17) is 11.5 Å². The summed E-state index contributed by atoms with van der Waals surface area (Å²) in [4.78, 5) is 103. The third kappa shape index (κ3) is 15.5. The second kappa shape index (κ2) is 24.7. The molecule has 6 amide bonds. The number of carbonyl (C=O) groups excluding carboxylic acids is 7. The van der Waals surface area contributed by atoms with Crippen molar-refractivity contribution in [2.75, 3.05) is 19.6 Å². The van der Waals surface area contributed by atoms with Crippen LogP contribution in [0.2, 0.25) is 0 Å². The Bertz CT molecular complexity index is 1890. The number of nitrogens with one attached hydrogen (secondary N) is 5. The quantitative estimate of drug-likeness (QED) is 0.0836. The summed E-state index contributed by atoms with van der Waals surface area (Å²) < 4.78 is 0. The van der Waals surface area contributed by atoms with E-state index in [0.717, 1.165) is 43.2 Å². The predicted octanol–water partition coefficient (Wildman–Crippen LogP) is 2.32. The van der Waals surface area contributed by atoms with Gasteiger partial charge in [0.1, 0.15) is 24.2 Å². The van der Waals surface area contributed by atoms with Crippen LogP contribution in [0.25, 0.3) is 0 Å². The normalized spacial score (nSPS) is 23.8. The Balaban J connectivity index is 1.45. The molecule has 0 aromatic heterocycles. The number of hydrogen-bond donors (Lipinski definition) is 7. The molecular formula is C47H67N9O7. The first-order chi connectivity index (χ1) is 30.4. The summed E-state index contributed by atoms with van der Waals surface area (Å²) in [5.41, 5.74) is 12.9. The number of amides is 6. The number of nitrogens with zero attached hydrogens (tertiary/aromatic N) is 2. The van der Waals surface area contributed by atoms with E-state index in [2.05, 4.69) is 31.6 Å². The van der Waals surface area contributed by atoms with Crippen LogP contribution in [-0.4, -0.2) is 102 Å². The first-order valence-electron chi connectivity index (χ1n) is 22.8. The highest BCUT2D eigenvalue weighted by Gasteiger charge is 2.40. The lowest BCUT2D eigenvalue weighted by atomic mass is 9.84. The molecule has 6 atom stereocenters. The van der Waals surface area contributed by atoms with Gasteiger partial charge >= 0.3 is 0 Å². The van der Waals surface area contributed by atoms with E-state index in [9.17, 15) is 33.6 Å². The summed E-state index contributed by atoms with van der Waals surface area (Å²) in [5.74, 6) is -3.76. The molecule has 0 unspecified atom stereocenters. The molecule has 1 saturated carbocycles. The van der Waals surface area contributed by atoms with Gasteiger partial charge in [0.05, 0.1) is 6.04 Å². The van der Waals surface area contributed by atoms with Crippen LogP contribution < -0.4 is 38.1 Å². The van der Waals surface area contributed by atoms with Crippen molar-refractivity contribution >= 4 is 47.2 Å². The summed E-state index contributed by atoms with van der Waals surface area (Å²) in [7, 11) is 0. The number of benzene rings is 2. The zero-order valence-electron chi connectivity index (χ0n) is 36.7. The van der Waals surface area contributed by atoms with Gasteiger partial charge in [-0.1, -0.05) is 92.8 Å². The molecule has 0 bridgehead atoms. The summed E-state index contributed by atoms with van der Waals surface area (Å²) in [6, 6.07) is 13.9. The van der Waals surface area contributed by atoms with Gasteiger partial charge in [-0.15, -0.1) is 0 Å². The minimum absolute atomic E-state index is 0.0845. The van der Waals surface area contributed by atoms with Crippen LogP contribution >= 0.6 is 0 Å². The van der Waals surface area contributed by atoms with Crippen molar-refractivity contribution < 1.29 is 33.6 Å². The number of fused-ring (bicyclic) bond motifs is 1. The first-order valence-corrected chi connectivity index (χ1v) is 22.8. The van der Waals surface area contributed by atoms with Gasteiger partial charge in [0.25, 0.3) is 0 Å².